The summed E-state index contributed by atoms with van der Waals surface area (Å²) in [7, 11) is -0.750. The highest BCUT2D eigenvalue weighted by Crippen LogP contribution is 2.31. The standard InChI is InChI=1S/C12H16.BH3O2/c1-3-7-11(8-4-1)12-9-5-2-6-10-12;2-1-3/h1,3-4,7-8,12H,2,5-6,9-10H2;1-3H. The zero-order chi connectivity index (χ0) is 10.9. The van der Waals surface area contributed by atoms with Crippen LogP contribution in [0.1, 0.15) is 43.6 Å². The van der Waals surface area contributed by atoms with E-state index in [0.29, 0.717) is 0 Å². The first kappa shape index (κ1) is 12.3. The summed E-state index contributed by atoms with van der Waals surface area (Å²) in [5, 5.41) is 14.2. The lowest BCUT2D eigenvalue weighted by molar-refractivity contribution is 0.443. The van der Waals surface area contributed by atoms with Crippen LogP contribution in [0.5, 0.6) is 0 Å². The first-order valence-corrected chi connectivity index (χ1v) is 5.65. The third kappa shape index (κ3) is 4.49. The van der Waals surface area contributed by atoms with Crippen LogP contribution in [0.25, 0.3) is 0 Å². The molecule has 1 aromatic rings. The molecule has 0 atom stereocenters. The largest absolute Gasteiger partial charge is 0.432 e. The molecular formula is C12H19BO2. The predicted molar refractivity (Wildman–Crippen MR) is 63.9 cm³/mol. The van der Waals surface area contributed by atoms with Gasteiger partial charge in [-0.2, -0.15) is 0 Å². The zero-order valence-corrected chi connectivity index (χ0v) is 9.10. The molecule has 82 valence electrons. The van der Waals surface area contributed by atoms with E-state index in [1.807, 2.05) is 0 Å². The van der Waals surface area contributed by atoms with Crippen molar-refractivity contribution >= 4 is 7.69 Å². The Morgan fingerprint density at radius 1 is 0.933 bits per heavy atom. The number of hydrogen-bond donors (Lipinski definition) is 2. The van der Waals surface area contributed by atoms with E-state index in [1.165, 1.54) is 32.1 Å². The molecule has 1 saturated carbocycles. The maximum Gasteiger partial charge on any atom is 0.432 e. The minimum absolute atomic E-state index is 0.750. The van der Waals surface area contributed by atoms with E-state index in [4.69, 9.17) is 10.0 Å². The van der Waals surface area contributed by atoms with E-state index < -0.39 is 7.69 Å². The fourth-order valence-electron chi connectivity index (χ4n) is 2.16. The van der Waals surface area contributed by atoms with Crippen LogP contribution in [0.15, 0.2) is 30.3 Å². The van der Waals surface area contributed by atoms with Crippen LogP contribution in [0.2, 0.25) is 0 Å². The topological polar surface area (TPSA) is 40.5 Å². The normalized spacial score (nSPS) is 16.4. The maximum absolute atomic E-state index is 7.12. The van der Waals surface area contributed by atoms with E-state index in [9.17, 15) is 0 Å². The maximum atomic E-state index is 7.12. The Bertz CT molecular complexity index is 245. The van der Waals surface area contributed by atoms with E-state index >= 15 is 0 Å². The van der Waals surface area contributed by atoms with Gasteiger partial charge in [0.15, 0.2) is 0 Å². The highest BCUT2D eigenvalue weighted by atomic mass is 16.4. The van der Waals surface area contributed by atoms with Gasteiger partial charge >= 0.3 is 7.69 Å². The first-order chi connectivity index (χ1) is 7.38. The lowest BCUT2D eigenvalue weighted by Gasteiger charge is -2.21. The van der Waals surface area contributed by atoms with Gasteiger partial charge in [0, 0.05) is 0 Å². The van der Waals surface area contributed by atoms with Crippen molar-refractivity contribution in [3.8, 4) is 0 Å². The second-order valence-electron chi connectivity index (χ2n) is 3.89. The molecule has 0 aliphatic heterocycles. The van der Waals surface area contributed by atoms with Crippen LogP contribution in [0.4, 0.5) is 0 Å². The molecule has 0 amide bonds. The molecule has 0 radical (unpaired) electrons. The summed E-state index contributed by atoms with van der Waals surface area (Å²) in [6.45, 7) is 0. The molecule has 1 fully saturated rings. The fraction of sp³-hybridized carbons (Fsp3) is 0.500. The van der Waals surface area contributed by atoms with Gasteiger partial charge in [-0.3, -0.25) is 0 Å². The minimum Gasteiger partial charge on any atom is -0.430 e. The molecule has 2 rings (SSSR count). The van der Waals surface area contributed by atoms with Crippen molar-refractivity contribution in [2.75, 3.05) is 0 Å². The van der Waals surface area contributed by atoms with Crippen LogP contribution in [-0.2, 0) is 0 Å². The van der Waals surface area contributed by atoms with Gasteiger partial charge in [-0.25, -0.2) is 0 Å². The van der Waals surface area contributed by atoms with Gasteiger partial charge in [0.2, 0.25) is 0 Å². The van der Waals surface area contributed by atoms with Gasteiger partial charge in [0.1, 0.15) is 0 Å². The van der Waals surface area contributed by atoms with Crippen LogP contribution < -0.4 is 0 Å². The lowest BCUT2D eigenvalue weighted by Crippen LogP contribution is -2.03. The Kier molecular flexibility index (Phi) is 6.13. The van der Waals surface area contributed by atoms with Crippen LogP contribution in [0, 0.1) is 0 Å². The fourth-order valence-corrected chi connectivity index (χ4v) is 2.16. The molecular weight excluding hydrogens is 187 g/mol. The molecule has 1 aromatic carbocycles. The molecule has 0 heterocycles. The Balaban J connectivity index is 0.000000337. The smallest absolute Gasteiger partial charge is 0.430 e. The molecule has 1 aliphatic carbocycles. The Morgan fingerprint density at radius 3 is 2.00 bits per heavy atom. The van der Waals surface area contributed by atoms with Crippen LogP contribution in [-0.4, -0.2) is 17.7 Å². The summed E-state index contributed by atoms with van der Waals surface area (Å²) in [5.41, 5.74) is 1.55. The predicted octanol–water partition coefficient (Wildman–Crippen LogP) is 1.97. The van der Waals surface area contributed by atoms with Crippen molar-refractivity contribution in [2.45, 2.75) is 38.0 Å². The molecule has 0 aromatic heterocycles. The molecule has 0 saturated heterocycles. The van der Waals surface area contributed by atoms with Gasteiger partial charge in [0.05, 0.1) is 0 Å². The molecule has 0 unspecified atom stereocenters. The summed E-state index contributed by atoms with van der Waals surface area (Å²) in [5.74, 6) is 0.861. The second kappa shape index (κ2) is 7.49. The van der Waals surface area contributed by atoms with Crippen molar-refractivity contribution < 1.29 is 10.0 Å². The monoisotopic (exact) mass is 206 g/mol. The quantitative estimate of drug-likeness (QED) is 0.689. The third-order valence-corrected chi connectivity index (χ3v) is 2.88. The van der Waals surface area contributed by atoms with Gasteiger partial charge in [-0.1, -0.05) is 49.6 Å². The molecule has 2 N–H and O–H groups in total. The van der Waals surface area contributed by atoms with Crippen molar-refractivity contribution in [2.24, 2.45) is 0 Å². The van der Waals surface area contributed by atoms with Gasteiger partial charge in [0.25, 0.3) is 0 Å². The lowest BCUT2D eigenvalue weighted by atomic mass is 9.84. The average Bonchev–Trinajstić information content (AvgIpc) is 2.32. The van der Waals surface area contributed by atoms with Crippen LogP contribution >= 0.6 is 0 Å². The SMILES string of the molecule is OBO.c1ccc(C2CCCCC2)cc1. The Hall–Kier alpha value is -0.795. The molecule has 2 nitrogen and oxygen atoms in total. The molecule has 3 heteroatoms. The van der Waals surface area contributed by atoms with E-state index in [2.05, 4.69) is 30.3 Å². The van der Waals surface area contributed by atoms with Crippen molar-refractivity contribution in [1.29, 1.82) is 0 Å². The summed E-state index contributed by atoms with van der Waals surface area (Å²) >= 11 is 0. The molecule has 15 heavy (non-hydrogen) atoms. The van der Waals surface area contributed by atoms with Crippen molar-refractivity contribution in [3.05, 3.63) is 35.9 Å². The Labute approximate surface area is 92.3 Å². The van der Waals surface area contributed by atoms with Crippen LogP contribution in [0.3, 0.4) is 0 Å². The highest BCUT2D eigenvalue weighted by Gasteiger charge is 2.14. The van der Waals surface area contributed by atoms with Gasteiger partial charge in [-0.15, -0.1) is 0 Å². The summed E-state index contributed by atoms with van der Waals surface area (Å²) < 4.78 is 0. The minimum atomic E-state index is -0.750. The second-order valence-corrected chi connectivity index (χ2v) is 3.89. The summed E-state index contributed by atoms with van der Waals surface area (Å²) in [6.07, 6.45) is 7.12. The average molecular weight is 206 g/mol. The van der Waals surface area contributed by atoms with E-state index in [1.54, 1.807) is 5.56 Å². The third-order valence-electron chi connectivity index (χ3n) is 2.88. The van der Waals surface area contributed by atoms with Crippen molar-refractivity contribution in [3.63, 3.8) is 0 Å². The number of benzene rings is 1. The van der Waals surface area contributed by atoms with Gasteiger partial charge < -0.3 is 10.0 Å². The Morgan fingerprint density at radius 2 is 1.47 bits per heavy atom. The van der Waals surface area contributed by atoms with Crippen molar-refractivity contribution in [1.82, 2.24) is 0 Å². The van der Waals surface area contributed by atoms with Gasteiger partial charge in [-0.05, 0) is 24.3 Å². The van der Waals surface area contributed by atoms with E-state index in [-0.39, 0.29) is 0 Å². The molecule has 0 spiro atoms. The first-order valence-electron chi connectivity index (χ1n) is 5.65. The molecule has 0 bridgehead atoms. The highest BCUT2D eigenvalue weighted by molar-refractivity contribution is 6.13. The molecule has 1 aliphatic rings. The summed E-state index contributed by atoms with van der Waals surface area (Å²) in [6, 6.07) is 11.0. The van der Waals surface area contributed by atoms with E-state index in [0.717, 1.165) is 5.92 Å². The number of rotatable bonds is 1. The number of hydrogen-bond acceptors (Lipinski definition) is 2. The summed E-state index contributed by atoms with van der Waals surface area (Å²) in [4.78, 5) is 0. The zero-order valence-electron chi connectivity index (χ0n) is 9.10.